The molecule has 0 saturated heterocycles. The van der Waals surface area contributed by atoms with Crippen molar-refractivity contribution in [1.29, 1.82) is 0 Å². The molecule has 0 radical (unpaired) electrons. The first kappa shape index (κ1) is 11.0. The summed E-state index contributed by atoms with van der Waals surface area (Å²) < 4.78 is 0.986. The van der Waals surface area contributed by atoms with Gasteiger partial charge in [-0.25, -0.2) is 4.79 Å². The number of hydrogen-bond donors (Lipinski definition) is 3. The van der Waals surface area contributed by atoms with Crippen LogP contribution in [0.1, 0.15) is 6.92 Å². The normalized spacial score (nSPS) is 10.4. The number of carbonyl (C=O) groups is 2. The van der Waals surface area contributed by atoms with E-state index in [-0.39, 0.29) is 11.7 Å². The van der Waals surface area contributed by atoms with Gasteiger partial charge in [-0.2, -0.15) is 0 Å². The standard InChI is InChI=1S/C11H10N2O4/c1-6(14)12-9-5-13(11(16)17)10-3-2-7(15)4-8(9)10/h2-5,15H,1H3,(H,12,14)(H,16,17). The summed E-state index contributed by atoms with van der Waals surface area (Å²) in [5.74, 6) is -0.301. The minimum atomic E-state index is -1.16. The van der Waals surface area contributed by atoms with Gasteiger partial charge >= 0.3 is 6.09 Å². The van der Waals surface area contributed by atoms with Gasteiger partial charge in [-0.3, -0.25) is 9.36 Å². The lowest BCUT2D eigenvalue weighted by molar-refractivity contribution is -0.114. The first-order valence-electron chi connectivity index (χ1n) is 4.84. The van der Waals surface area contributed by atoms with Crippen molar-refractivity contribution >= 4 is 28.6 Å². The van der Waals surface area contributed by atoms with Gasteiger partial charge in [0.15, 0.2) is 0 Å². The lowest BCUT2D eigenvalue weighted by Crippen LogP contribution is -2.07. The molecule has 3 N–H and O–H groups in total. The van der Waals surface area contributed by atoms with Crippen molar-refractivity contribution in [3.8, 4) is 5.75 Å². The van der Waals surface area contributed by atoms with Gasteiger partial charge in [0.1, 0.15) is 5.75 Å². The lowest BCUT2D eigenvalue weighted by atomic mass is 10.2. The molecule has 6 nitrogen and oxygen atoms in total. The highest BCUT2D eigenvalue weighted by Crippen LogP contribution is 2.29. The van der Waals surface area contributed by atoms with Crippen LogP contribution in [0.5, 0.6) is 5.75 Å². The first-order valence-corrected chi connectivity index (χ1v) is 4.84. The van der Waals surface area contributed by atoms with Gasteiger partial charge in [0, 0.05) is 18.5 Å². The van der Waals surface area contributed by atoms with Gasteiger partial charge < -0.3 is 15.5 Å². The smallest absolute Gasteiger partial charge is 0.416 e. The summed E-state index contributed by atoms with van der Waals surface area (Å²) in [5.41, 5.74) is 0.754. The van der Waals surface area contributed by atoms with E-state index in [1.54, 1.807) is 0 Å². The summed E-state index contributed by atoms with van der Waals surface area (Å²) in [6.45, 7) is 1.33. The van der Waals surface area contributed by atoms with Crippen LogP contribution in [0.2, 0.25) is 0 Å². The Morgan fingerprint density at radius 2 is 2.06 bits per heavy atom. The SMILES string of the molecule is CC(=O)Nc1cn(C(=O)O)c2ccc(O)cc12. The molecule has 0 saturated carbocycles. The maximum atomic E-state index is 11.0. The van der Waals surface area contributed by atoms with Crippen LogP contribution < -0.4 is 5.32 Å². The Morgan fingerprint density at radius 1 is 1.35 bits per heavy atom. The largest absolute Gasteiger partial charge is 0.508 e. The quantitative estimate of drug-likeness (QED) is 0.701. The molecule has 17 heavy (non-hydrogen) atoms. The average Bonchev–Trinajstić information content (AvgIpc) is 2.56. The maximum Gasteiger partial charge on any atom is 0.416 e. The fourth-order valence-corrected chi connectivity index (χ4v) is 1.67. The Morgan fingerprint density at radius 3 is 2.65 bits per heavy atom. The second kappa shape index (κ2) is 3.82. The first-order chi connectivity index (χ1) is 7.99. The second-order valence-electron chi connectivity index (χ2n) is 3.58. The fourth-order valence-electron chi connectivity index (χ4n) is 1.67. The van der Waals surface area contributed by atoms with Gasteiger partial charge in [-0.15, -0.1) is 0 Å². The summed E-state index contributed by atoms with van der Waals surface area (Å²) in [5, 5.41) is 21.3. The molecule has 0 spiro atoms. The highest BCUT2D eigenvalue weighted by atomic mass is 16.4. The van der Waals surface area contributed by atoms with E-state index < -0.39 is 6.09 Å². The van der Waals surface area contributed by atoms with E-state index in [9.17, 15) is 14.7 Å². The van der Waals surface area contributed by atoms with Crippen LogP contribution in [0.3, 0.4) is 0 Å². The predicted molar refractivity (Wildman–Crippen MR) is 61.3 cm³/mol. The molecule has 0 bridgehead atoms. The number of benzene rings is 1. The number of aromatic nitrogens is 1. The molecule has 1 amide bonds. The molecule has 1 aromatic carbocycles. The van der Waals surface area contributed by atoms with Crippen LogP contribution in [0.25, 0.3) is 10.9 Å². The number of amides is 1. The zero-order valence-corrected chi connectivity index (χ0v) is 8.97. The molecule has 0 unspecified atom stereocenters. The number of carbonyl (C=O) groups excluding carboxylic acids is 1. The Kier molecular flexibility index (Phi) is 2.47. The van der Waals surface area contributed by atoms with Crippen molar-refractivity contribution in [2.24, 2.45) is 0 Å². The zero-order chi connectivity index (χ0) is 12.6. The number of anilines is 1. The van der Waals surface area contributed by atoms with E-state index in [2.05, 4.69) is 5.32 Å². The number of fused-ring (bicyclic) bond motifs is 1. The molecular weight excluding hydrogens is 224 g/mol. The predicted octanol–water partition coefficient (Wildman–Crippen LogP) is 1.83. The third-order valence-electron chi connectivity index (χ3n) is 2.30. The Hall–Kier alpha value is -2.50. The van der Waals surface area contributed by atoms with Crippen LogP contribution in [0.4, 0.5) is 10.5 Å². The van der Waals surface area contributed by atoms with Crippen molar-refractivity contribution in [2.75, 3.05) is 5.32 Å². The van der Waals surface area contributed by atoms with Crippen molar-refractivity contribution in [3.05, 3.63) is 24.4 Å². The molecule has 1 aromatic heterocycles. The molecule has 0 atom stereocenters. The van der Waals surface area contributed by atoms with Crippen molar-refractivity contribution in [3.63, 3.8) is 0 Å². The van der Waals surface area contributed by atoms with Crippen molar-refractivity contribution in [2.45, 2.75) is 6.92 Å². The summed E-state index contributed by atoms with van der Waals surface area (Å²) in [6, 6.07) is 4.27. The topological polar surface area (TPSA) is 91.6 Å². The van der Waals surface area contributed by atoms with Crippen LogP contribution in [0.15, 0.2) is 24.4 Å². The number of phenolic OH excluding ortho intramolecular Hbond substituents is 1. The number of phenols is 1. The van der Waals surface area contributed by atoms with Crippen molar-refractivity contribution < 1.29 is 19.8 Å². The molecule has 2 aromatic rings. The molecule has 0 aliphatic heterocycles. The van der Waals surface area contributed by atoms with E-state index in [1.807, 2.05) is 0 Å². The summed E-state index contributed by atoms with van der Waals surface area (Å²) in [7, 11) is 0. The van der Waals surface area contributed by atoms with Gasteiger partial charge in [-0.1, -0.05) is 0 Å². The Balaban J connectivity index is 2.70. The van der Waals surface area contributed by atoms with Crippen LogP contribution in [-0.2, 0) is 4.79 Å². The van der Waals surface area contributed by atoms with Gasteiger partial charge in [0.25, 0.3) is 0 Å². The van der Waals surface area contributed by atoms with E-state index >= 15 is 0 Å². The van der Waals surface area contributed by atoms with Crippen LogP contribution in [0, 0.1) is 0 Å². The molecular formula is C11H10N2O4. The summed E-state index contributed by atoms with van der Waals surface area (Å²) in [4.78, 5) is 22.0. The lowest BCUT2D eigenvalue weighted by Gasteiger charge is -1.99. The van der Waals surface area contributed by atoms with Gasteiger partial charge in [0.2, 0.25) is 5.91 Å². The van der Waals surface area contributed by atoms with Crippen molar-refractivity contribution in [1.82, 2.24) is 4.57 Å². The number of nitrogens with one attached hydrogen (secondary N) is 1. The maximum absolute atomic E-state index is 11.0. The number of aromatic hydroxyl groups is 1. The molecule has 0 fully saturated rings. The molecule has 1 heterocycles. The minimum Gasteiger partial charge on any atom is -0.508 e. The number of nitrogens with zero attached hydrogens (tertiary/aromatic N) is 1. The van der Waals surface area contributed by atoms with E-state index in [1.165, 1.54) is 31.3 Å². The summed E-state index contributed by atoms with van der Waals surface area (Å²) >= 11 is 0. The average molecular weight is 234 g/mol. The fraction of sp³-hybridized carbons (Fsp3) is 0.0909. The third kappa shape index (κ3) is 1.92. The van der Waals surface area contributed by atoms with E-state index in [0.717, 1.165) is 4.57 Å². The monoisotopic (exact) mass is 234 g/mol. The van der Waals surface area contributed by atoms with Gasteiger partial charge in [-0.05, 0) is 18.2 Å². The minimum absolute atomic E-state index is 0.00670. The highest BCUT2D eigenvalue weighted by Gasteiger charge is 2.13. The van der Waals surface area contributed by atoms with E-state index in [4.69, 9.17) is 5.11 Å². The molecule has 88 valence electrons. The Labute approximate surface area is 96.1 Å². The Bertz CT molecular complexity index is 615. The molecule has 0 aliphatic rings. The molecule has 2 rings (SSSR count). The number of rotatable bonds is 1. The summed E-state index contributed by atoms with van der Waals surface area (Å²) in [6.07, 6.45) is 0.144. The van der Waals surface area contributed by atoms with Gasteiger partial charge in [0.05, 0.1) is 11.2 Å². The zero-order valence-electron chi connectivity index (χ0n) is 8.97. The van der Waals surface area contributed by atoms with Crippen LogP contribution in [-0.4, -0.2) is 26.8 Å². The molecule has 6 heteroatoms. The second-order valence-corrected chi connectivity index (χ2v) is 3.58. The molecule has 0 aliphatic carbocycles. The number of hydrogen-bond acceptors (Lipinski definition) is 3. The third-order valence-corrected chi connectivity index (χ3v) is 2.30. The van der Waals surface area contributed by atoms with Crippen LogP contribution >= 0.6 is 0 Å². The van der Waals surface area contributed by atoms with E-state index in [0.29, 0.717) is 16.6 Å². The highest BCUT2D eigenvalue weighted by molar-refractivity contribution is 6.04. The number of carboxylic acid groups (broad SMARTS) is 1.